The van der Waals surface area contributed by atoms with E-state index in [9.17, 15) is 4.79 Å². The summed E-state index contributed by atoms with van der Waals surface area (Å²) < 4.78 is 6.30. The summed E-state index contributed by atoms with van der Waals surface area (Å²) in [5.74, 6) is 0. The van der Waals surface area contributed by atoms with E-state index in [-0.39, 0.29) is 6.03 Å². The van der Waals surface area contributed by atoms with Crippen molar-refractivity contribution in [2.75, 3.05) is 51.3 Å². The fourth-order valence-corrected chi connectivity index (χ4v) is 3.66. The van der Waals surface area contributed by atoms with Gasteiger partial charge in [0.05, 0.1) is 18.9 Å². The van der Waals surface area contributed by atoms with Gasteiger partial charge in [-0.3, -0.25) is 4.90 Å². The molecule has 2 amide bonds. The first-order chi connectivity index (χ1) is 14.1. The monoisotopic (exact) mass is 457 g/mol. The molecule has 154 valence electrons. The number of nitrogens with one attached hydrogen (secondary N) is 1. The maximum absolute atomic E-state index is 13.0. The number of morpholine rings is 1. The Morgan fingerprint density at radius 3 is 2.55 bits per heavy atom. The molecule has 0 atom stereocenters. The quantitative estimate of drug-likeness (QED) is 0.653. The maximum Gasteiger partial charge on any atom is 0.322 e. The number of para-hydroxylation sites is 1. The van der Waals surface area contributed by atoms with E-state index in [2.05, 4.69) is 51.3 Å². The molecule has 0 saturated carbocycles. The Morgan fingerprint density at radius 2 is 1.83 bits per heavy atom. The van der Waals surface area contributed by atoms with E-state index in [4.69, 9.17) is 4.74 Å². The minimum absolute atomic E-state index is 0.0917. The molecule has 0 radical (unpaired) electrons. The first-order valence-electron chi connectivity index (χ1n) is 9.94. The van der Waals surface area contributed by atoms with E-state index >= 15 is 0 Å². The van der Waals surface area contributed by atoms with E-state index < -0.39 is 0 Å². The van der Waals surface area contributed by atoms with Crippen molar-refractivity contribution in [2.24, 2.45) is 0 Å². The van der Waals surface area contributed by atoms with Gasteiger partial charge in [0.25, 0.3) is 0 Å². The zero-order chi connectivity index (χ0) is 20.5. The van der Waals surface area contributed by atoms with E-state index in [1.165, 1.54) is 0 Å². The summed E-state index contributed by atoms with van der Waals surface area (Å²) >= 11 is 3.50. The lowest BCUT2D eigenvalue weighted by Gasteiger charge is -2.30. The molecular formula is C23H28BrN3O2. The van der Waals surface area contributed by atoms with Crippen molar-refractivity contribution in [3.8, 4) is 0 Å². The van der Waals surface area contributed by atoms with Gasteiger partial charge in [-0.2, -0.15) is 0 Å². The number of amides is 2. The van der Waals surface area contributed by atoms with Crippen LogP contribution in [0.4, 0.5) is 10.5 Å². The van der Waals surface area contributed by atoms with Crippen LogP contribution in [-0.4, -0.2) is 61.8 Å². The molecule has 1 aliphatic rings. The zero-order valence-corrected chi connectivity index (χ0v) is 18.4. The fourth-order valence-electron chi connectivity index (χ4n) is 3.28. The van der Waals surface area contributed by atoms with Crippen LogP contribution in [0, 0.1) is 0 Å². The summed E-state index contributed by atoms with van der Waals surface area (Å²) in [6, 6.07) is 17.8. The van der Waals surface area contributed by atoms with Gasteiger partial charge in [0, 0.05) is 37.2 Å². The third-order valence-electron chi connectivity index (χ3n) is 4.85. The Kier molecular flexibility index (Phi) is 8.28. The van der Waals surface area contributed by atoms with Crippen molar-refractivity contribution in [1.29, 1.82) is 0 Å². The first kappa shape index (κ1) is 21.6. The summed E-state index contributed by atoms with van der Waals surface area (Å²) in [4.78, 5) is 17.3. The van der Waals surface area contributed by atoms with Gasteiger partial charge in [-0.05, 0) is 40.5 Å². The van der Waals surface area contributed by atoms with Gasteiger partial charge in [-0.25, -0.2) is 4.79 Å². The number of hydrogen-bond acceptors (Lipinski definition) is 3. The smallest absolute Gasteiger partial charge is 0.322 e. The molecule has 1 heterocycles. The van der Waals surface area contributed by atoms with E-state index in [1.54, 1.807) is 0 Å². The van der Waals surface area contributed by atoms with Crippen molar-refractivity contribution in [2.45, 2.75) is 6.92 Å². The molecule has 0 spiro atoms. The second-order valence-corrected chi connectivity index (χ2v) is 8.04. The van der Waals surface area contributed by atoms with Gasteiger partial charge in [-0.1, -0.05) is 54.1 Å². The second-order valence-electron chi connectivity index (χ2n) is 7.19. The minimum Gasteiger partial charge on any atom is -0.379 e. The SMILES string of the molecule is C/C(=C\c1ccccc1)CN(CCN1CCOCC1)C(=O)Nc1ccccc1Br. The number of carbonyl (C=O) groups is 1. The highest BCUT2D eigenvalue weighted by Gasteiger charge is 2.18. The average Bonchev–Trinajstić information content (AvgIpc) is 2.74. The molecule has 0 aromatic heterocycles. The number of anilines is 1. The fraction of sp³-hybridized carbons (Fsp3) is 0.348. The van der Waals surface area contributed by atoms with Crippen LogP contribution in [0.25, 0.3) is 6.08 Å². The first-order valence-corrected chi connectivity index (χ1v) is 10.7. The lowest BCUT2D eigenvalue weighted by Crippen LogP contribution is -2.44. The van der Waals surface area contributed by atoms with Crippen molar-refractivity contribution in [3.05, 3.63) is 70.2 Å². The van der Waals surface area contributed by atoms with E-state index in [0.29, 0.717) is 13.1 Å². The normalized spacial score (nSPS) is 15.2. The second kappa shape index (κ2) is 11.1. The number of ether oxygens (including phenoxy) is 1. The molecule has 2 aromatic carbocycles. The lowest BCUT2D eigenvalue weighted by atomic mass is 10.1. The molecule has 1 aliphatic heterocycles. The summed E-state index contributed by atoms with van der Waals surface area (Å²) in [5.41, 5.74) is 3.06. The molecule has 2 aromatic rings. The number of hydrogen-bond donors (Lipinski definition) is 1. The Morgan fingerprint density at radius 1 is 1.14 bits per heavy atom. The van der Waals surface area contributed by atoms with Crippen LogP contribution in [0.2, 0.25) is 0 Å². The van der Waals surface area contributed by atoms with Gasteiger partial charge >= 0.3 is 6.03 Å². The third-order valence-corrected chi connectivity index (χ3v) is 5.54. The van der Waals surface area contributed by atoms with Gasteiger partial charge in [0.2, 0.25) is 0 Å². The van der Waals surface area contributed by atoms with Gasteiger partial charge in [0.1, 0.15) is 0 Å². The summed E-state index contributed by atoms with van der Waals surface area (Å²) in [6.45, 7) is 7.50. The summed E-state index contributed by atoms with van der Waals surface area (Å²) in [7, 11) is 0. The van der Waals surface area contributed by atoms with Crippen molar-refractivity contribution >= 4 is 33.7 Å². The summed E-state index contributed by atoms with van der Waals surface area (Å²) in [6.07, 6.45) is 2.13. The third kappa shape index (κ3) is 6.99. The minimum atomic E-state index is -0.0917. The molecule has 0 bridgehead atoms. The van der Waals surface area contributed by atoms with Gasteiger partial charge in [0.15, 0.2) is 0 Å². The largest absolute Gasteiger partial charge is 0.379 e. The van der Waals surface area contributed by atoms with Crippen LogP contribution in [0.5, 0.6) is 0 Å². The number of urea groups is 1. The standard InChI is InChI=1S/C23H28BrN3O2/c1-19(17-20-7-3-2-4-8-20)18-27(12-11-26-13-15-29-16-14-26)23(28)25-22-10-6-5-9-21(22)24/h2-10,17H,11-16,18H2,1H3,(H,25,28)/b19-17+. The van der Waals surface area contributed by atoms with Crippen LogP contribution < -0.4 is 5.32 Å². The molecule has 1 fully saturated rings. The molecular weight excluding hydrogens is 430 g/mol. The molecule has 1 N–H and O–H groups in total. The Labute approximate surface area is 181 Å². The summed E-state index contributed by atoms with van der Waals surface area (Å²) in [5, 5.41) is 3.04. The predicted octanol–water partition coefficient (Wildman–Crippen LogP) is 4.72. The highest BCUT2D eigenvalue weighted by atomic mass is 79.9. The van der Waals surface area contributed by atoms with Gasteiger partial charge < -0.3 is 15.0 Å². The van der Waals surface area contributed by atoms with E-state index in [0.717, 1.165) is 54.1 Å². The highest BCUT2D eigenvalue weighted by molar-refractivity contribution is 9.10. The molecule has 6 heteroatoms. The molecule has 5 nitrogen and oxygen atoms in total. The van der Waals surface area contributed by atoms with Gasteiger partial charge in [-0.15, -0.1) is 0 Å². The molecule has 0 aliphatic carbocycles. The predicted molar refractivity (Wildman–Crippen MR) is 122 cm³/mol. The van der Waals surface area contributed by atoms with Crippen LogP contribution >= 0.6 is 15.9 Å². The maximum atomic E-state index is 13.0. The number of rotatable bonds is 7. The van der Waals surface area contributed by atoms with Crippen LogP contribution in [0.1, 0.15) is 12.5 Å². The van der Waals surface area contributed by atoms with Crippen molar-refractivity contribution in [1.82, 2.24) is 9.80 Å². The zero-order valence-electron chi connectivity index (χ0n) is 16.8. The lowest BCUT2D eigenvalue weighted by molar-refractivity contribution is 0.0354. The van der Waals surface area contributed by atoms with Crippen molar-refractivity contribution in [3.63, 3.8) is 0 Å². The topological polar surface area (TPSA) is 44.8 Å². The molecule has 0 unspecified atom stereocenters. The van der Waals surface area contributed by atoms with Crippen LogP contribution in [0.3, 0.4) is 0 Å². The number of benzene rings is 2. The van der Waals surface area contributed by atoms with Crippen LogP contribution in [-0.2, 0) is 4.74 Å². The number of carbonyl (C=O) groups excluding carboxylic acids is 1. The number of halogens is 1. The van der Waals surface area contributed by atoms with Crippen LogP contribution in [0.15, 0.2) is 64.6 Å². The average molecular weight is 458 g/mol. The Bertz CT molecular complexity index is 820. The molecule has 3 rings (SSSR count). The number of nitrogens with zero attached hydrogens (tertiary/aromatic N) is 2. The molecule has 1 saturated heterocycles. The van der Waals surface area contributed by atoms with Crippen molar-refractivity contribution < 1.29 is 9.53 Å². The Balaban J connectivity index is 1.68. The molecule has 29 heavy (non-hydrogen) atoms. The van der Waals surface area contributed by atoms with E-state index in [1.807, 2.05) is 47.4 Å². The highest BCUT2D eigenvalue weighted by Crippen LogP contribution is 2.21. The Hall–Kier alpha value is -2.15.